The van der Waals surface area contributed by atoms with Crippen LogP contribution in [0.15, 0.2) is 45.3 Å². The first-order valence-electron chi connectivity index (χ1n) is 7.95. The molecule has 0 amide bonds. The van der Waals surface area contributed by atoms with Crippen LogP contribution in [0.2, 0.25) is 0 Å². The largest absolute Gasteiger partial charge is 0.466 e. The van der Waals surface area contributed by atoms with E-state index in [1.807, 2.05) is 18.4 Å². The van der Waals surface area contributed by atoms with E-state index in [0.29, 0.717) is 33.6 Å². The van der Waals surface area contributed by atoms with Crippen LogP contribution in [0, 0.1) is 6.92 Å². The summed E-state index contributed by atoms with van der Waals surface area (Å²) in [5.41, 5.74) is 2.26. The van der Waals surface area contributed by atoms with Crippen molar-refractivity contribution in [1.29, 1.82) is 0 Å². The number of methoxy groups -OCH3 is 1. The third-order valence-corrected chi connectivity index (χ3v) is 6.08. The van der Waals surface area contributed by atoms with E-state index in [4.69, 9.17) is 4.74 Å². The average Bonchev–Trinajstić information content (AvgIpc) is 3.03. The van der Waals surface area contributed by atoms with Crippen LogP contribution in [0.1, 0.15) is 28.8 Å². The van der Waals surface area contributed by atoms with E-state index >= 15 is 0 Å². The molecule has 2 aromatic heterocycles. The van der Waals surface area contributed by atoms with Crippen molar-refractivity contribution >= 4 is 34.9 Å². The molecule has 136 valence electrons. The molecule has 0 unspecified atom stereocenters. The molecule has 26 heavy (non-hydrogen) atoms. The minimum absolute atomic E-state index is 0.263. The highest BCUT2D eigenvalue weighted by molar-refractivity contribution is 7.99. The fraction of sp³-hybridized carbons (Fsp3) is 0.278. The second-order valence-electron chi connectivity index (χ2n) is 5.79. The fourth-order valence-electron chi connectivity index (χ4n) is 2.96. The molecule has 0 radical (unpaired) electrons. The number of ether oxygens (including phenoxy) is 1. The number of anilines is 1. The zero-order valence-electron chi connectivity index (χ0n) is 14.7. The maximum absolute atomic E-state index is 12.9. The smallest absolute Gasteiger partial charge is 0.336 e. The van der Waals surface area contributed by atoms with Crippen molar-refractivity contribution in [2.24, 2.45) is 0 Å². The third kappa shape index (κ3) is 3.22. The van der Waals surface area contributed by atoms with Crippen LogP contribution in [-0.4, -0.2) is 28.8 Å². The van der Waals surface area contributed by atoms with Crippen molar-refractivity contribution < 1.29 is 9.53 Å². The van der Waals surface area contributed by atoms with Gasteiger partial charge in [-0.15, -0.1) is 17.9 Å². The molecular formula is C18H19N3O3S2. The summed E-state index contributed by atoms with van der Waals surface area (Å²) in [5, 5.41) is 5.57. The third-order valence-electron chi connectivity index (χ3n) is 4.13. The number of aromatic nitrogens is 2. The summed E-state index contributed by atoms with van der Waals surface area (Å²) in [6, 6.07) is 1.97. The van der Waals surface area contributed by atoms with Gasteiger partial charge in [0.1, 0.15) is 5.82 Å². The molecule has 1 aliphatic heterocycles. The fourth-order valence-corrected chi connectivity index (χ4v) is 4.60. The number of allylic oxidation sites excluding steroid dienone is 1. The Morgan fingerprint density at radius 1 is 1.50 bits per heavy atom. The van der Waals surface area contributed by atoms with Gasteiger partial charge in [0.25, 0.3) is 5.56 Å². The Labute approximate surface area is 159 Å². The number of thiophene rings is 1. The zero-order chi connectivity index (χ0) is 18.8. The lowest BCUT2D eigenvalue weighted by molar-refractivity contribution is -0.136. The van der Waals surface area contributed by atoms with Crippen LogP contribution in [0.5, 0.6) is 0 Å². The molecular weight excluding hydrogens is 370 g/mol. The molecule has 1 aliphatic rings. The minimum atomic E-state index is -0.506. The van der Waals surface area contributed by atoms with Crippen LogP contribution in [0.4, 0.5) is 5.82 Å². The number of aryl methyl sites for hydroxylation is 1. The van der Waals surface area contributed by atoms with Crippen LogP contribution in [0.3, 0.4) is 0 Å². The van der Waals surface area contributed by atoms with Gasteiger partial charge in [-0.2, -0.15) is 0 Å². The highest BCUT2D eigenvalue weighted by Crippen LogP contribution is 2.42. The SMILES string of the molecule is C=CCSc1nc2c(c(=O)[nH]1)[C@H](c1sccc1C)C(C(=O)OC)=C(C)N2. The van der Waals surface area contributed by atoms with Gasteiger partial charge in [-0.25, -0.2) is 9.78 Å². The molecule has 0 aromatic carbocycles. The van der Waals surface area contributed by atoms with E-state index in [2.05, 4.69) is 21.9 Å². The number of rotatable bonds is 5. The lowest BCUT2D eigenvalue weighted by Gasteiger charge is -2.28. The van der Waals surface area contributed by atoms with Gasteiger partial charge in [0.15, 0.2) is 5.16 Å². The number of hydrogen-bond acceptors (Lipinski definition) is 7. The number of H-pyrrole nitrogens is 1. The monoisotopic (exact) mass is 389 g/mol. The van der Waals surface area contributed by atoms with Crippen molar-refractivity contribution in [2.75, 3.05) is 18.2 Å². The van der Waals surface area contributed by atoms with Crippen LogP contribution in [0.25, 0.3) is 0 Å². The lowest BCUT2D eigenvalue weighted by atomic mass is 9.85. The number of fused-ring (bicyclic) bond motifs is 1. The number of aromatic amines is 1. The summed E-state index contributed by atoms with van der Waals surface area (Å²) in [7, 11) is 1.34. The molecule has 0 aliphatic carbocycles. The lowest BCUT2D eigenvalue weighted by Crippen LogP contribution is -2.30. The molecule has 6 nitrogen and oxygen atoms in total. The summed E-state index contributed by atoms with van der Waals surface area (Å²) in [5.74, 6) is 0.150. The Bertz CT molecular complexity index is 959. The molecule has 0 saturated carbocycles. The van der Waals surface area contributed by atoms with E-state index < -0.39 is 11.9 Å². The molecule has 2 aromatic rings. The van der Waals surface area contributed by atoms with E-state index in [9.17, 15) is 9.59 Å². The summed E-state index contributed by atoms with van der Waals surface area (Å²) in [4.78, 5) is 33.6. The predicted molar refractivity (Wildman–Crippen MR) is 105 cm³/mol. The number of carbonyl (C=O) groups is 1. The van der Waals surface area contributed by atoms with Gasteiger partial charge >= 0.3 is 5.97 Å². The highest BCUT2D eigenvalue weighted by Gasteiger charge is 2.37. The number of nitrogens with one attached hydrogen (secondary N) is 2. The van der Waals surface area contributed by atoms with Crippen molar-refractivity contribution in [3.05, 3.63) is 61.7 Å². The zero-order valence-corrected chi connectivity index (χ0v) is 16.3. The molecule has 1 atom stereocenters. The molecule has 0 spiro atoms. The van der Waals surface area contributed by atoms with Gasteiger partial charge in [-0.3, -0.25) is 4.79 Å². The average molecular weight is 390 g/mol. The molecule has 2 N–H and O–H groups in total. The number of nitrogens with zero attached hydrogens (tertiary/aromatic N) is 1. The van der Waals surface area contributed by atoms with E-state index in [1.54, 1.807) is 13.0 Å². The van der Waals surface area contributed by atoms with Gasteiger partial charge in [-0.1, -0.05) is 17.8 Å². The minimum Gasteiger partial charge on any atom is -0.466 e. The maximum Gasteiger partial charge on any atom is 0.336 e. The summed E-state index contributed by atoms with van der Waals surface area (Å²) >= 11 is 2.90. The summed E-state index contributed by atoms with van der Waals surface area (Å²) in [6.07, 6.45) is 1.75. The van der Waals surface area contributed by atoms with Crippen LogP contribution in [-0.2, 0) is 9.53 Å². The Hall–Kier alpha value is -2.32. The first-order valence-corrected chi connectivity index (χ1v) is 9.82. The molecule has 3 rings (SSSR count). The van der Waals surface area contributed by atoms with Crippen LogP contribution >= 0.6 is 23.1 Å². The normalized spacial score (nSPS) is 16.0. The van der Waals surface area contributed by atoms with Gasteiger partial charge in [-0.05, 0) is 30.9 Å². The summed E-state index contributed by atoms with van der Waals surface area (Å²) in [6.45, 7) is 7.44. The first-order chi connectivity index (χ1) is 12.5. The van der Waals surface area contributed by atoms with Crippen molar-refractivity contribution in [2.45, 2.75) is 24.9 Å². The predicted octanol–water partition coefficient (Wildman–Crippen LogP) is 3.42. The van der Waals surface area contributed by atoms with Crippen molar-refractivity contribution in [3.8, 4) is 0 Å². The topological polar surface area (TPSA) is 84.1 Å². The molecule has 0 saturated heterocycles. The Morgan fingerprint density at radius 3 is 2.88 bits per heavy atom. The number of carbonyl (C=O) groups excluding carboxylic acids is 1. The maximum atomic E-state index is 12.9. The molecule has 0 bridgehead atoms. The Kier molecular flexibility index (Phi) is 5.33. The Morgan fingerprint density at radius 2 is 2.27 bits per heavy atom. The second-order valence-corrected chi connectivity index (χ2v) is 7.75. The van der Waals surface area contributed by atoms with Gasteiger partial charge in [0.2, 0.25) is 0 Å². The van der Waals surface area contributed by atoms with E-state index in [1.165, 1.54) is 30.2 Å². The van der Waals surface area contributed by atoms with E-state index in [-0.39, 0.29) is 5.56 Å². The van der Waals surface area contributed by atoms with Crippen LogP contribution < -0.4 is 10.9 Å². The molecule has 8 heteroatoms. The number of esters is 1. The Balaban J connectivity index is 2.22. The first kappa shape index (κ1) is 18.5. The summed E-state index contributed by atoms with van der Waals surface area (Å²) < 4.78 is 4.98. The second kappa shape index (κ2) is 7.51. The number of thioether (sulfide) groups is 1. The van der Waals surface area contributed by atoms with Crippen molar-refractivity contribution in [3.63, 3.8) is 0 Å². The molecule has 3 heterocycles. The van der Waals surface area contributed by atoms with Gasteiger partial charge in [0, 0.05) is 16.3 Å². The number of hydrogen-bond donors (Lipinski definition) is 2. The van der Waals surface area contributed by atoms with Gasteiger partial charge < -0.3 is 15.0 Å². The van der Waals surface area contributed by atoms with E-state index in [0.717, 1.165) is 10.4 Å². The highest BCUT2D eigenvalue weighted by atomic mass is 32.2. The van der Waals surface area contributed by atoms with Crippen molar-refractivity contribution in [1.82, 2.24) is 9.97 Å². The molecule has 0 fully saturated rings. The standard InChI is InChI=1S/C18H19N3O3S2/c1-5-7-26-18-20-15-13(16(22)21-18)12(14-9(2)6-8-25-14)11(10(3)19-15)17(23)24-4/h5-6,8,12H,1,7H2,2-4H3,(H2,19,20,21,22)/t12-/m1/s1. The quantitative estimate of drug-likeness (QED) is 0.353. The van der Waals surface area contributed by atoms with Gasteiger partial charge in [0.05, 0.1) is 24.2 Å².